The van der Waals surface area contributed by atoms with Gasteiger partial charge >= 0.3 is 0 Å². The van der Waals surface area contributed by atoms with Gasteiger partial charge in [0.1, 0.15) is 11.4 Å². The molecule has 3 aromatic rings. The van der Waals surface area contributed by atoms with Crippen molar-refractivity contribution in [2.24, 2.45) is 0 Å². The monoisotopic (exact) mass is 379 g/mol. The van der Waals surface area contributed by atoms with Gasteiger partial charge in [-0.15, -0.1) is 0 Å². The van der Waals surface area contributed by atoms with Crippen LogP contribution >= 0.6 is 0 Å². The first-order valence-corrected chi connectivity index (χ1v) is 10.4. The average molecular weight is 379 g/mol. The second-order valence-electron chi connectivity index (χ2n) is 6.49. The van der Waals surface area contributed by atoms with Gasteiger partial charge in [0.15, 0.2) is 11.6 Å². The zero-order chi connectivity index (χ0) is 18.6. The molecule has 0 radical (unpaired) electrons. The molecule has 0 bridgehead atoms. The largest absolute Gasteiger partial charge is 0.611 e. The number of aliphatic hydroxyl groups excluding tert-OH is 1. The van der Waals surface area contributed by atoms with E-state index in [0.717, 1.165) is 40.2 Å². The van der Waals surface area contributed by atoms with Crippen molar-refractivity contribution in [2.45, 2.75) is 24.2 Å². The Morgan fingerprint density at radius 3 is 2.56 bits per heavy atom. The number of nitrogens with one attached hydrogen (secondary N) is 1. The average Bonchev–Trinajstić information content (AvgIpc) is 2.70. The molecule has 0 saturated heterocycles. The lowest BCUT2D eigenvalue weighted by molar-refractivity contribution is 0.299. The van der Waals surface area contributed by atoms with Crippen LogP contribution in [0.15, 0.2) is 59.5 Å². The molecule has 0 amide bonds. The summed E-state index contributed by atoms with van der Waals surface area (Å²) in [5, 5.41) is 12.4. The van der Waals surface area contributed by atoms with Crippen LogP contribution in [0.2, 0.25) is 0 Å². The summed E-state index contributed by atoms with van der Waals surface area (Å²) in [5.74, 6) is 1.91. The first-order valence-electron chi connectivity index (χ1n) is 9.06. The Morgan fingerprint density at radius 1 is 1.04 bits per heavy atom. The Morgan fingerprint density at radius 2 is 1.81 bits per heavy atom. The number of nitrogens with zero attached hydrogens (tertiary/aromatic N) is 2. The summed E-state index contributed by atoms with van der Waals surface area (Å²) in [6, 6.07) is 17.7. The van der Waals surface area contributed by atoms with Crippen molar-refractivity contribution < 1.29 is 9.66 Å². The summed E-state index contributed by atoms with van der Waals surface area (Å²) in [5.41, 5.74) is 3.76. The first-order chi connectivity index (χ1) is 13.2. The minimum absolute atomic E-state index is 0.131. The zero-order valence-electron chi connectivity index (χ0n) is 14.9. The lowest BCUT2D eigenvalue weighted by atomic mass is 10.1. The molecule has 5 nitrogen and oxygen atoms in total. The van der Waals surface area contributed by atoms with Crippen LogP contribution < -0.4 is 5.32 Å². The highest BCUT2D eigenvalue weighted by molar-refractivity contribution is 7.91. The fourth-order valence-electron chi connectivity index (χ4n) is 3.20. The van der Waals surface area contributed by atoms with E-state index in [1.54, 1.807) is 0 Å². The lowest BCUT2D eigenvalue weighted by Crippen LogP contribution is -2.20. The number of aryl methyl sites for hydroxylation is 1. The van der Waals surface area contributed by atoms with E-state index >= 15 is 0 Å². The molecule has 1 aliphatic heterocycles. The summed E-state index contributed by atoms with van der Waals surface area (Å²) in [6.07, 6.45) is 2.32. The SMILES string of the molecule is [O-][S+]1CCCc2nc(-c3ccccc3)nc(Nc3ccc(CCO)cc3)c21. The van der Waals surface area contributed by atoms with Crippen molar-refractivity contribution in [1.82, 2.24) is 9.97 Å². The Hall–Kier alpha value is -2.41. The summed E-state index contributed by atoms with van der Waals surface area (Å²) in [6.45, 7) is 0.131. The number of fused-ring (bicyclic) bond motifs is 1. The Balaban J connectivity index is 1.73. The second kappa shape index (κ2) is 8.08. The van der Waals surface area contributed by atoms with Crippen molar-refractivity contribution in [3.05, 3.63) is 65.9 Å². The molecule has 2 N–H and O–H groups in total. The molecule has 6 heteroatoms. The number of hydrogen-bond donors (Lipinski definition) is 2. The molecule has 1 atom stereocenters. The number of anilines is 2. The van der Waals surface area contributed by atoms with Gasteiger partial charge < -0.3 is 15.0 Å². The minimum atomic E-state index is -1.09. The smallest absolute Gasteiger partial charge is 0.216 e. The molecule has 27 heavy (non-hydrogen) atoms. The third-order valence-electron chi connectivity index (χ3n) is 4.56. The highest BCUT2D eigenvalue weighted by atomic mass is 32.2. The van der Waals surface area contributed by atoms with Crippen molar-refractivity contribution in [1.29, 1.82) is 0 Å². The van der Waals surface area contributed by atoms with Crippen LogP contribution in [0, 0.1) is 0 Å². The number of aromatic nitrogens is 2. The zero-order valence-corrected chi connectivity index (χ0v) is 15.7. The van der Waals surface area contributed by atoms with E-state index in [9.17, 15) is 4.55 Å². The van der Waals surface area contributed by atoms with Gasteiger partial charge in [0, 0.05) is 17.9 Å². The summed E-state index contributed by atoms with van der Waals surface area (Å²) in [4.78, 5) is 10.1. The summed E-state index contributed by atoms with van der Waals surface area (Å²) < 4.78 is 12.6. The number of hydrogen-bond acceptors (Lipinski definition) is 5. The van der Waals surface area contributed by atoms with E-state index in [0.29, 0.717) is 23.8 Å². The van der Waals surface area contributed by atoms with E-state index < -0.39 is 11.2 Å². The highest BCUT2D eigenvalue weighted by Crippen LogP contribution is 2.33. The van der Waals surface area contributed by atoms with Crippen molar-refractivity contribution in [2.75, 3.05) is 17.7 Å². The van der Waals surface area contributed by atoms with Crippen molar-refractivity contribution >= 4 is 22.7 Å². The van der Waals surface area contributed by atoms with Crippen LogP contribution in [0.4, 0.5) is 11.5 Å². The number of rotatable bonds is 5. The summed E-state index contributed by atoms with van der Waals surface area (Å²) in [7, 11) is 0. The molecule has 1 aromatic heterocycles. The van der Waals surface area contributed by atoms with E-state index in [1.807, 2.05) is 54.6 Å². The van der Waals surface area contributed by atoms with Crippen LogP contribution in [0.5, 0.6) is 0 Å². The van der Waals surface area contributed by atoms with Crippen LogP contribution in [-0.4, -0.2) is 32.0 Å². The van der Waals surface area contributed by atoms with Crippen molar-refractivity contribution in [3.8, 4) is 11.4 Å². The maximum atomic E-state index is 12.6. The number of aliphatic hydroxyl groups is 1. The molecule has 0 saturated carbocycles. The Kier molecular flexibility index (Phi) is 5.38. The molecule has 1 aliphatic rings. The van der Waals surface area contributed by atoms with Gasteiger partial charge in [0.2, 0.25) is 4.90 Å². The van der Waals surface area contributed by atoms with Gasteiger partial charge in [-0.1, -0.05) is 42.5 Å². The molecule has 1 unspecified atom stereocenters. The fraction of sp³-hybridized carbons (Fsp3) is 0.238. The van der Waals surface area contributed by atoms with E-state index in [4.69, 9.17) is 15.1 Å². The quantitative estimate of drug-likeness (QED) is 0.664. The van der Waals surface area contributed by atoms with Gasteiger partial charge in [-0.3, -0.25) is 0 Å². The van der Waals surface area contributed by atoms with Gasteiger partial charge in [-0.25, -0.2) is 9.97 Å². The molecule has 138 valence electrons. The second-order valence-corrected chi connectivity index (χ2v) is 7.99. The fourth-order valence-corrected chi connectivity index (χ4v) is 4.53. The molecule has 0 spiro atoms. The molecule has 0 fully saturated rings. The van der Waals surface area contributed by atoms with Gasteiger partial charge in [-0.05, 0) is 48.1 Å². The minimum Gasteiger partial charge on any atom is -0.611 e. The van der Waals surface area contributed by atoms with Crippen LogP contribution in [0.3, 0.4) is 0 Å². The lowest BCUT2D eigenvalue weighted by Gasteiger charge is -2.22. The van der Waals surface area contributed by atoms with Crippen LogP contribution in [-0.2, 0) is 24.0 Å². The van der Waals surface area contributed by atoms with Crippen LogP contribution in [0.1, 0.15) is 17.7 Å². The van der Waals surface area contributed by atoms with E-state index in [1.165, 1.54) is 0 Å². The predicted molar refractivity (Wildman–Crippen MR) is 108 cm³/mol. The topological polar surface area (TPSA) is 81.1 Å². The normalized spacial score (nSPS) is 16.0. The Bertz CT molecular complexity index is 917. The first kappa shape index (κ1) is 18.0. The molecular formula is C21H21N3O2S. The van der Waals surface area contributed by atoms with E-state index in [2.05, 4.69) is 5.32 Å². The highest BCUT2D eigenvalue weighted by Gasteiger charge is 2.29. The van der Waals surface area contributed by atoms with Gasteiger partial charge in [0.05, 0.1) is 0 Å². The molecule has 0 aliphatic carbocycles. The Labute approximate surface area is 161 Å². The van der Waals surface area contributed by atoms with Crippen molar-refractivity contribution in [3.63, 3.8) is 0 Å². The predicted octanol–water partition coefficient (Wildman–Crippen LogP) is 3.48. The third-order valence-corrected chi connectivity index (χ3v) is 6.10. The molecule has 2 aromatic carbocycles. The number of benzene rings is 2. The van der Waals surface area contributed by atoms with Gasteiger partial charge in [0.25, 0.3) is 0 Å². The van der Waals surface area contributed by atoms with E-state index in [-0.39, 0.29) is 6.61 Å². The maximum Gasteiger partial charge on any atom is 0.216 e. The molecule has 2 heterocycles. The molecule has 4 rings (SSSR count). The maximum absolute atomic E-state index is 12.6. The van der Waals surface area contributed by atoms with Gasteiger partial charge in [-0.2, -0.15) is 0 Å². The molecular weight excluding hydrogens is 358 g/mol. The summed E-state index contributed by atoms with van der Waals surface area (Å²) >= 11 is -1.09. The third kappa shape index (κ3) is 3.98. The standard InChI is InChI=1S/C21H21N3O2S/c25-13-12-15-8-10-17(11-9-15)22-21-19-18(7-4-14-27(19)26)23-20(24-21)16-5-2-1-3-6-16/h1-3,5-6,8-11,25H,4,7,12-14H2,(H,22,23,24). The van der Waals surface area contributed by atoms with Crippen LogP contribution in [0.25, 0.3) is 11.4 Å².